The van der Waals surface area contributed by atoms with Gasteiger partial charge in [-0.15, -0.1) is 0 Å². The van der Waals surface area contributed by atoms with Crippen molar-refractivity contribution in [2.45, 2.75) is 58.0 Å². The maximum absolute atomic E-state index is 3.76. The minimum Gasteiger partial charge on any atom is -0.311 e. The molecule has 2 aliphatic rings. The molecule has 1 heteroatoms. The first kappa shape index (κ1) is 8.55. The first-order chi connectivity index (χ1) is 5.79. The summed E-state index contributed by atoms with van der Waals surface area (Å²) in [5.41, 5.74) is 0. The van der Waals surface area contributed by atoms with E-state index in [1.807, 2.05) is 0 Å². The summed E-state index contributed by atoms with van der Waals surface area (Å²) in [6, 6.07) is 1.60. The molecule has 0 aromatic rings. The molecule has 2 saturated carbocycles. The molecule has 2 aliphatic carbocycles. The van der Waals surface area contributed by atoms with Crippen LogP contribution >= 0.6 is 0 Å². The standard InChI is InChI=1S/C11H21N/c1-3-8(2)12-11-7-9-4-5-10(11)6-9/h8-12H,3-7H2,1-2H3/t8-,9+,10+,11-/m1/s1. The molecule has 0 unspecified atom stereocenters. The topological polar surface area (TPSA) is 12.0 Å². The van der Waals surface area contributed by atoms with Crippen LogP contribution in [0, 0.1) is 11.8 Å². The highest BCUT2D eigenvalue weighted by atomic mass is 15.0. The highest BCUT2D eigenvalue weighted by molar-refractivity contribution is 4.94. The Bertz CT molecular complexity index is 155. The van der Waals surface area contributed by atoms with Crippen LogP contribution in [0.5, 0.6) is 0 Å². The lowest BCUT2D eigenvalue weighted by molar-refractivity contribution is 0.321. The molecule has 0 radical (unpaired) electrons. The van der Waals surface area contributed by atoms with Gasteiger partial charge in [-0.1, -0.05) is 13.3 Å². The molecule has 0 saturated heterocycles. The third-order valence-corrected chi connectivity index (χ3v) is 3.85. The lowest BCUT2D eigenvalue weighted by Crippen LogP contribution is -2.39. The highest BCUT2D eigenvalue weighted by Gasteiger charge is 2.39. The van der Waals surface area contributed by atoms with Crippen LogP contribution in [0.2, 0.25) is 0 Å². The fourth-order valence-electron chi connectivity index (χ4n) is 2.93. The Hall–Kier alpha value is -0.0400. The Balaban J connectivity index is 1.82. The molecule has 0 aromatic heterocycles. The number of hydrogen-bond donors (Lipinski definition) is 1. The molecule has 2 rings (SSSR count). The lowest BCUT2D eigenvalue weighted by Gasteiger charge is -2.26. The third kappa shape index (κ3) is 1.52. The van der Waals surface area contributed by atoms with Crippen LogP contribution in [0.3, 0.4) is 0 Å². The number of nitrogens with one attached hydrogen (secondary N) is 1. The number of hydrogen-bond acceptors (Lipinski definition) is 1. The van der Waals surface area contributed by atoms with Crippen molar-refractivity contribution in [3.05, 3.63) is 0 Å². The molecule has 1 N–H and O–H groups in total. The molecular weight excluding hydrogens is 146 g/mol. The van der Waals surface area contributed by atoms with Gasteiger partial charge in [0.25, 0.3) is 0 Å². The third-order valence-electron chi connectivity index (χ3n) is 3.85. The average molecular weight is 167 g/mol. The molecule has 70 valence electrons. The largest absolute Gasteiger partial charge is 0.311 e. The van der Waals surface area contributed by atoms with Gasteiger partial charge in [0, 0.05) is 12.1 Å². The summed E-state index contributed by atoms with van der Waals surface area (Å²) in [5.74, 6) is 2.11. The Morgan fingerprint density at radius 3 is 2.67 bits per heavy atom. The second-order valence-corrected chi connectivity index (χ2v) is 4.76. The van der Waals surface area contributed by atoms with Gasteiger partial charge in [0.15, 0.2) is 0 Å². The minimum absolute atomic E-state index is 0.731. The Labute approximate surface area is 75.9 Å². The first-order valence-electron chi connectivity index (χ1n) is 5.55. The number of fused-ring (bicyclic) bond motifs is 2. The second kappa shape index (κ2) is 3.37. The van der Waals surface area contributed by atoms with Crippen molar-refractivity contribution in [1.29, 1.82) is 0 Å². The van der Waals surface area contributed by atoms with Gasteiger partial charge in [0.05, 0.1) is 0 Å². The fourth-order valence-corrected chi connectivity index (χ4v) is 2.93. The van der Waals surface area contributed by atoms with Gasteiger partial charge >= 0.3 is 0 Å². The monoisotopic (exact) mass is 167 g/mol. The van der Waals surface area contributed by atoms with E-state index in [0.29, 0.717) is 0 Å². The SMILES string of the molecule is CC[C@@H](C)N[C@@H]1C[C@H]2CC[C@H]1C2. The summed E-state index contributed by atoms with van der Waals surface area (Å²) in [7, 11) is 0. The zero-order valence-electron chi connectivity index (χ0n) is 8.34. The quantitative estimate of drug-likeness (QED) is 0.681. The van der Waals surface area contributed by atoms with Gasteiger partial charge < -0.3 is 5.32 Å². The van der Waals surface area contributed by atoms with Crippen LogP contribution in [0.4, 0.5) is 0 Å². The van der Waals surface area contributed by atoms with Gasteiger partial charge in [-0.25, -0.2) is 0 Å². The molecule has 0 spiro atoms. The Morgan fingerprint density at radius 1 is 1.33 bits per heavy atom. The van der Waals surface area contributed by atoms with Crippen molar-refractivity contribution in [1.82, 2.24) is 5.32 Å². The van der Waals surface area contributed by atoms with Gasteiger partial charge in [-0.3, -0.25) is 0 Å². The molecule has 1 nitrogen and oxygen atoms in total. The van der Waals surface area contributed by atoms with Crippen molar-refractivity contribution in [2.75, 3.05) is 0 Å². The van der Waals surface area contributed by atoms with Crippen molar-refractivity contribution >= 4 is 0 Å². The molecule has 2 bridgehead atoms. The van der Waals surface area contributed by atoms with Crippen molar-refractivity contribution in [3.8, 4) is 0 Å². The predicted octanol–water partition coefficient (Wildman–Crippen LogP) is 2.56. The maximum atomic E-state index is 3.76. The Morgan fingerprint density at radius 2 is 2.17 bits per heavy atom. The number of rotatable bonds is 3. The summed E-state index contributed by atoms with van der Waals surface area (Å²) in [5, 5.41) is 3.76. The molecule has 12 heavy (non-hydrogen) atoms. The molecule has 0 aromatic carbocycles. The van der Waals surface area contributed by atoms with Crippen LogP contribution in [-0.2, 0) is 0 Å². The maximum Gasteiger partial charge on any atom is 0.0100 e. The summed E-state index contributed by atoms with van der Waals surface area (Å²) < 4.78 is 0. The molecule has 4 atom stereocenters. The van der Waals surface area contributed by atoms with Gasteiger partial charge in [-0.05, 0) is 44.4 Å². The van der Waals surface area contributed by atoms with E-state index in [0.717, 1.165) is 23.9 Å². The highest BCUT2D eigenvalue weighted by Crippen LogP contribution is 2.44. The van der Waals surface area contributed by atoms with E-state index in [-0.39, 0.29) is 0 Å². The first-order valence-corrected chi connectivity index (χ1v) is 5.55. The van der Waals surface area contributed by atoms with E-state index in [9.17, 15) is 0 Å². The summed E-state index contributed by atoms with van der Waals surface area (Å²) in [6.45, 7) is 4.58. The molecule has 2 fully saturated rings. The van der Waals surface area contributed by atoms with Gasteiger partial charge in [0.1, 0.15) is 0 Å². The van der Waals surface area contributed by atoms with E-state index in [1.54, 1.807) is 0 Å². The summed E-state index contributed by atoms with van der Waals surface area (Å²) >= 11 is 0. The zero-order valence-corrected chi connectivity index (χ0v) is 8.34. The fraction of sp³-hybridized carbons (Fsp3) is 1.00. The van der Waals surface area contributed by atoms with E-state index in [2.05, 4.69) is 19.2 Å². The lowest BCUT2D eigenvalue weighted by atomic mass is 9.94. The predicted molar refractivity (Wildman–Crippen MR) is 52.1 cm³/mol. The smallest absolute Gasteiger partial charge is 0.0100 e. The van der Waals surface area contributed by atoms with Gasteiger partial charge in [0.2, 0.25) is 0 Å². The van der Waals surface area contributed by atoms with Crippen LogP contribution in [0.15, 0.2) is 0 Å². The Kier molecular flexibility index (Phi) is 2.40. The van der Waals surface area contributed by atoms with Crippen molar-refractivity contribution < 1.29 is 0 Å². The zero-order chi connectivity index (χ0) is 8.55. The summed E-state index contributed by atoms with van der Waals surface area (Å²) in [6.07, 6.45) is 7.28. The van der Waals surface area contributed by atoms with Crippen molar-refractivity contribution in [3.63, 3.8) is 0 Å². The van der Waals surface area contributed by atoms with Crippen molar-refractivity contribution in [2.24, 2.45) is 11.8 Å². The summed E-state index contributed by atoms with van der Waals surface area (Å²) in [4.78, 5) is 0. The normalized spacial score (nSPS) is 42.0. The molecule has 0 heterocycles. The average Bonchev–Trinajstić information content (AvgIpc) is 2.64. The van der Waals surface area contributed by atoms with Crippen LogP contribution in [-0.4, -0.2) is 12.1 Å². The molecule has 0 aliphatic heterocycles. The second-order valence-electron chi connectivity index (χ2n) is 4.76. The van der Waals surface area contributed by atoms with E-state index >= 15 is 0 Å². The van der Waals surface area contributed by atoms with E-state index in [4.69, 9.17) is 0 Å². The minimum atomic E-state index is 0.731. The van der Waals surface area contributed by atoms with E-state index < -0.39 is 0 Å². The molecular formula is C11H21N. The van der Waals surface area contributed by atoms with Gasteiger partial charge in [-0.2, -0.15) is 0 Å². The van der Waals surface area contributed by atoms with Crippen LogP contribution in [0.25, 0.3) is 0 Å². The molecule has 0 amide bonds. The van der Waals surface area contributed by atoms with Crippen LogP contribution in [0.1, 0.15) is 46.0 Å². The van der Waals surface area contributed by atoms with E-state index in [1.165, 1.54) is 32.1 Å². The van der Waals surface area contributed by atoms with Crippen LogP contribution < -0.4 is 5.32 Å².